The van der Waals surface area contributed by atoms with Gasteiger partial charge in [0.15, 0.2) is 0 Å². The van der Waals surface area contributed by atoms with Gasteiger partial charge < -0.3 is 10.1 Å². The van der Waals surface area contributed by atoms with Gasteiger partial charge in [0.2, 0.25) is 5.91 Å². The summed E-state index contributed by atoms with van der Waals surface area (Å²) in [6, 6.07) is 30.8. The zero-order valence-electron chi connectivity index (χ0n) is 19.5. The van der Waals surface area contributed by atoms with E-state index in [4.69, 9.17) is 16.3 Å². The number of nitrogens with zero attached hydrogens (tertiary/aromatic N) is 1. The Kier molecular flexibility index (Phi) is 7.93. The van der Waals surface area contributed by atoms with Crippen molar-refractivity contribution in [3.63, 3.8) is 0 Å². The molecular formula is C28H25ClN2O4S. The Morgan fingerprint density at radius 2 is 1.47 bits per heavy atom. The minimum Gasteiger partial charge on any atom is -0.497 e. The summed E-state index contributed by atoms with van der Waals surface area (Å²) >= 11 is 6.16. The average molecular weight is 521 g/mol. The molecule has 0 heterocycles. The number of anilines is 1. The van der Waals surface area contributed by atoms with Crippen LogP contribution in [0.2, 0.25) is 5.02 Å². The summed E-state index contributed by atoms with van der Waals surface area (Å²) in [6.45, 7) is -0.433. The van der Waals surface area contributed by atoms with E-state index < -0.39 is 28.5 Å². The van der Waals surface area contributed by atoms with E-state index >= 15 is 0 Å². The molecule has 0 spiro atoms. The summed E-state index contributed by atoms with van der Waals surface area (Å²) < 4.78 is 33.5. The molecule has 4 rings (SSSR count). The monoisotopic (exact) mass is 520 g/mol. The van der Waals surface area contributed by atoms with E-state index in [-0.39, 0.29) is 4.90 Å². The number of methoxy groups -OCH3 is 1. The maximum atomic E-state index is 13.6. The fourth-order valence-corrected chi connectivity index (χ4v) is 5.42. The standard InChI is InChI=1S/C28H25ClN2O4S/c1-35-25-17-15-22(16-18-25)28(21-9-4-2-5-10-21)30-27(32)20-31(24-12-8-11-23(29)19-24)36(33,34)26-13-6-3-7-14-26/h2-19,28H,20H2,1H3,(H,30,32)/t28-/m1/s1. The molecule has 6 nitrogen and oxygen atoms in total. The fourth-order valence-electron chi connectivity index (χ4n) is 3.80. The highest BCUT2D eigenvalue weighted by atomic mass is 35.5. The normalized spacial score (nSPS) is 11.9. The molecule has 36 heavy (non-hydrogen) atoms. The molecular weight excluding hydrogens is 496 g/mol. The molecule has 4 aromatic rings. The smallest absolute Gasteiger partial charge is 0.264 e. The molecule has 184 valence electrons. The lowest BCUT2D eigenvalue weighted by molar-refractivity contribution is -0.120. The van der Waals surface area contributed by atoms with Crippen molar-refractivity contribution in [1.82, 2.24) is 5.32 Å². The van der Waals surface area contributed by atoms with Gasteiger partial charge in [0.25, 0.3) is 10.0 Å². The van der Waals surface area contributed by atoms with E-state index in [9.17, 15) is 13.2 Å². The maximum Gasteiger partial charge on any atom is 0.264 e. The summed E-state index contributed by atoms with van der Waals surface area (Å²) in [7, 11) is -2.46. The molecule has 1 amide bonds. The summed E-state index contributed by atoms with van der Waals surface area (Å²) in [5.41, 5.74) is 1.98. The first-order chi connectivity index (χ1) is 17.4. The second-order valence-corrected chi connectivity index (χ2v) is 10.3. The molecule has 0 aliphatic carbocycles. The van der Waals surface area contributed by atoms with Gasteiger partial charge in [-0.15, -0.1) is 0 Å². The van der Waals surface area contributed by atoms with Gasteiger partial charge in [-0.25, -0.2) is 8.42 Å². The Hall–Kier alpha value is -3.81. The summed E-state index contributed by atoms with van der Waals surface area (Å²) in [6.07, 6.45) is 0. The lowest BCUT2D eigenvalue weighted by atomic mass is 9.98. The molecule has 0 radical (unpaired) electrons. The van der Waals surface area contributed by atoms with Gasteiger partial charge in [0.05, 0.1) is 23.7 Å². The summed E-state index contributed by atoms with van der Waals surface area (Å²) in [5.74, 6) is 0.220. The number of sulfonamides is 1. The third-order valence-electron chi connectivity index (χ3n) is 5.60. The minimum atomic E-state index is -4.04. The number of hydrogen-bond acceptors (Lipinski definition) is 4. The van der Waals surface area contributed by atoms with Crippen molar-refractivity contribution in [2.45, 2.75) is 10.9 Å². The van der Waals surface area contributed by atoms with E-state index in [1.807, 2.05) is 54.6 Å². The van der Waals surface area contributed by atoms with Crippen LogP contribution in [0.15, 0.2) is 114 Å². The number of nitrogens with one attached hydrogen (secondary N) is 1. The van der Waals surface area contributed by atoms with E-state index in [2.05, 4.69) is 5.32 Å². The molecule has 0 unspecified atom stereocenters. The molecule has 0 bridgehead atoms. The van der Waals surface area contributed by atoms with Crippen molar-refractivity contribution in [3.8, 4) is 5.75 Å². The average Bonchev–Trinajstić information content (AvgIpc) is 2.91. The van der Waals surface area contributed by atoms with Crippen LogP contribution in [0.5, 0.6) is 5.75 Å². The summed E-state index contributed by atoms with van der Waals surface area (Å²) in [5, 5.41) is 3.37. The highest BCUT2D eigenvalue weighted by Crippen LogP contribution is 2.27. The van der Waals surface area contributed by atoms with E-state index in [0.717, 1.165) is 15.4 Å². The zero-order chi connectivity index (χ0) is 25.5. The third-order valence-corrected chi connectivity index (χ3v) is 7.63. The van der Waals surface area contributed by atoms with Gasteiger partial charge in [-0.1, -0.05) is 78.3 Å². The number of hydrogen-bond donors (Lipinski definition) is 1. The minimum absolute atomic E-state index is 0.0764. The van der Waals surface area contributed by atoms with Gasteiger partial charge in [-0.05, 0) is 53.6 Å². The van der Waals surface area contributed by atoms with Crippen LogP contribution in [-0.2, 0) is 14.8 Å². The van der Waals surface area contributed by atoms with Crippen LogP contribution >= 0.6 is 11.6 Å². The van der Waals surface area contributed by atoms with Crippen LogP contribution < -0.4 is 14.4 Å². The molecule has 0 fully saturated rings. The molecule has 0 saturated heterocycles. The number of halogens is 1. The quantitative estimate of drug-likeness (QED) is 0.318. The fraction of sp³-hybridized carbons (Fsp3) is 0.107. The number of amides is 1. The Balaban J connectivity index is 1.67. The lowest BCUT2D eigenvalue weighted by Gasteiger charge is -2.26. The first-order valence-corrected chi connectivity index (χ1v) is 13.0. The van der Waals surface area contributed by atoms with Gasteiger partial charge in [-0.2, -0.15) is 0 Å². The highest BCUT2D eigenvalue weighted by Gasteiger charge is 2.28. The number of ether oxygens (including phenoxy) is 1. The van der Waals surface area contributed by atoms with Crippen molar-refractivity contribution in [1.29, 1.82) is 0 Å². The van der Waals surface area contributed by atoms with Crippen LogP contribution in [0.25, 0.3) is 0 Å². The predicted octanol–water partition coefficient (Wildman–Crippen LogP) is 5.45. The molecule has 1 N–H and O–H groups in total. The zero-order valence-corrected chi connectivity index (χ0v) is 21.1. The molecule has 0 saturated carbocycles. The molecule has 0 aliphatic heterocycles. The molecule has 8 heteroatoms. The number of carbonyl (C=O) groups is 1. The van der Waals surface area contributed by atoms with Crippen molar-refractivity contribution < 1.29 is 17.9 Å². The number of rotatable bonds is 9. The highest BCUT2D eigenvalue weighted by molar-refractivity contribution is 7.92. The van der Waals surface area contributed by atoms with Crippen LogP contribution in [0.3, 0.4) is 0 Å². The Morgan fingerprint density at radius 3 is 2.08 bits per heavy atom. The molecule has 0 aliphatic rings. The molecule has 1 atom stereocenters. The second-order valence-electron chi connectivity index (χ2n) is 7.99. The van der Waals surface area contributed by atoms with Crippen molar-refractivity contribution in [2.24, 2.45) is 0 Å². The van der Waals surface area contributed by atoms with Crippen LogP contribution in [0, 0.1) is 0 Å². The van der Waals surface area contributed by atoms with Gasteiger partial charge in [-0.3, -0.25) is 9.10 Å². The maximum absolute atomic E-state index is 13.6. The van der Waals surface area contributed by atoms with Crippen molar-refractivity contribution in [3.05, 3.63) is 125 Å². The Bertz CT molecular complexity index is 1410. The number of benzene rings is 4. The van der Waals surface area contributed by atoms with E-state index in [1.165, 1.54) is 18.2 Å². The molecule has 4 aromatic carbocycles. The van der Waals surface area contributed by atoms with Crippen LogP contribution in [0.4, 0.5) is 5.69 Å². The predicted molar refractivity (Wildman–Crippen MR) is 142 cm³/mol. The van der Waals surface area contributed by atoms with E-state index in [1.54, 1.807) is 43.5 Å². The van der Waals surface area contributed by atoms with Crippen molar-refractivity contribution in [2.75, 3.05) is 18.0 Å². The third kappa shape index (κ3) is 5.87. The second kappa shape index (κ2) is 11.3. The van der Waals surface area contributed by atoms with Gasteiger partial charge in [0, 0.05) is 5.02 Å². The van der Waals surface area contributed by atoms with E-state index in [0.29, 0.717) is 16.5 Å². The number of carbonyl (C=O) groups excluding carboxylic acids is 1. The summed E-state index contributed by atoms with van der Waals surface area (Å²) in [4.78, 5) is 13.5. The molecule has 0 aromatic heterocycles. The van der Waals surface area contributed by atoms with Gasteiger partial charge >= 0.3 is 0 Å². The van der Waals surface area contributed by atoms with Crippen LogP contribution in [0.1, 0.15) is 17.2 Å². The Morgan fingerprint density at radius 1 is 0.861 bits per heavy atom. The topological polar surface area (TPSA) is 75.7 Å². The first kappa shape index (κ1) is 25.3. The SMILES string of the molecule is COc1ccc([C@H](NC(=O)CN(c2cccc(Cl)c2)S(=O)(=O)c2ccccc2)c2ccccc2)cc1. The largest absolute Gasteiger partial charge is 0.497 e. The van der Waals surface area contributed by atoms with Crippen molar-refractivity contribution >= 4 is 33.2 Å². The van der Waals surface area contributed by atoms with Gasteiger partial charge in [0.1, 0.15) is 12.3 Å². The first-order valence-electron chi connectivity index (χ1n) is 11.2. The Labute approximate surface area is 216 Å². The van der Waals surface area contributed by atoms with Crippen LogP contribution in [-0.4, -0.2) is 28.0 Å². The lowest BCUT2D eigenvalue weighted by Crippen LogP contribution is -2.42.